The van der Waals surface area contributed by atoms with E-state index in [0.29, 0.717) is 22.2 Å². The van der Waals surface area contributed by atoms with Crippen LogP contribution in [0.1, 0.15) is 0 Å². The van der Waals surface area contributed by atoms with Crippen LogP contribution in [0.25, 0.3) is 10.8 Å². The van der Waals surface area contributed by atoms with E-state index in [4.69, 9.17) is 21.1 Å². The molecule has 0 saturated heterocycles. The van der Waals surface area contributed by atoms with Gasteiger partial charge in [-0.05, 0) is 18.2 Å². The number of halogens is 1. The SMILES string of the molecule is C=CC(=O)Oc1c(NC)cc(OC)c2cc(Cl)ccc12. The number of hydrogen-bond donors (Lipinski definition) is 1. The van der Waals surface area contributed by atoms with Crippen molar-refractivity contribution < 1.29 is 14.3 Å². The van der Waals surface area contributed by atoms with Gasteiger partial charge in [0.15, 0.2) is 5.75 Å². The van der Waals surface area contributed by atoms with Gasteiger partial charge in [0.2, 0.25) is 0 Å². The summed E-state index contributed by atoms with van der Waals surface area (Å²) in [5.74, 6) is 0.540. The molecule has 2 aromatic carbocycles. The number of fused-ring (bicyclic) bond motifs is 1. The fourth-order valence-corrected chi connectivity index (χ4v) is 2.12. The van der Waals surface area contributed by atoms with E-state index in [1.54, 1.807) is 38.4 Å². The monoisotopic (exact) mass is 291 g/mol. The summed E-state index contributed by atoms with van der Waals surface area (Å²) in [6.07, 6.45) is 1.12. The Labute approximate surface area is 121 Å². The molecule has 1 N–H and O–H groups in total. The van der Waals surface area contributed by atoms with Gasteiger partial charge in [-0.2, -0.15) is 0 Å². The number of carbonyl (C=O) groups excluding carboxylic acids is 1. The number of rotatable bonds is 4. The summed E-state index contributed by atoms with van der Waals surface area (Å²) in [5.41, 5.74) is 0.645. The van der Waals surface area contributed by atoms with E-state index >= 15 is 0 Å². The molecule has 2 rings (SSSR count). The molecule has 104 valence electrons. The Morgan fingerprint density at radius 1 is 1.35 bits per heavy atom. The molecule has 2 aromatic rings. The van der Waals surface area contributed by atoms with Crippen LogP contribution in [0.3, 0.4) is 0 Å². The van der Waals surface area contributed by atoms with Gasteiger partial charge in [-0.3, -0.25) is 0 Å². The Morgan fingerprint density at radius 3 is 2.70 bits per heavy atom. The average Bonchev–Trinajstić information content (AvgIpc) is 2.47. The van der Waals surface area contributed by atoms with Gasteiger partial charge in [0.25, 0.3) is 0 Å². The molecule has 0 fully saturated rings. The molecule has 0 aromatic heterocycles. The Kier molecular flexibility index (Phi) is 4.15. The van der Waals surface area contributed by atoms with Crippen molar-refractivity contribution in [2.45, 2.75) is 0 Å². The van der Waals surface area contributed by atoms with Crippen LogP contribution in [0.5, 0.6) is 11.5 Å². The third kappa shape index (κ3) is 2.56. The molecule has 5 heteroatoms. The zero-order valence-electron chi connectivity index (χ0n) is 11.2. The van der Waals surface area contributed by atoms with Gasteiger partial charge in [0.05, 0.1) is 12.8 Å². The molecule has 0 saturated carbocycles. The summed E-state index contributed by atoms with van der Waals surface area (Å²) >= 11 is 6.01. The largest absolute Gasteiger partial charge is 0.496 e. The molecule has 0 amide bonds. The summed E-state index contributed by atoms with van der Waals surface area (Å²) in [5, 5.41) is 5.06. The number of ether oxygens (including phenoxy) is 2. The highest BCUT2D eigenvalue weighted by Gasteiger charge is 2.15. The van der Waals surface area contributed by atoms with Crippen LogP contribution in [0.15, 0.2) is 36.9 Å². The zero-order chi connectivity index (χ0) is 14.7. The van der Waals surface area contributed by atoms with E-state index in [0.717, 1.165) is 16.8 Å². The first-order valence-electron chi connectivity index (χ1n) is 5.93. The van der Waals surface area contributed by atoms with Crippen LogP contribution >= 0.6 is 11.6 Å². The lowest BCUT2D eigenvalue weighted by atomic mass is 10.1. The number of carbonyl (C=O) groups is 1. The Morgan fingerprint density at radius 2 is 2.10 bits per heavy atom. The summed E-state index contributed by atoms with van der Waals surface area (Å²) in [7, 11) is 3.31. The van der Waals surface area contributed by atoms with Crippen molar-refractivity contribution in [1.82, 2.24) is 0 Å². The van der Waals surface area contributed by atoms with E-state index in [-0.39, 0.29) is 0 Å². The molecular formula is C15H14ClNO3. The summed E-state index contributed by atoms with van der Waals surface area (Å²) < 4.78 is 10.7. The topological polar surface area (TPSA) is 47.6 Å². The first kappa shape index (κ1) is 14.2. The Hall–Kier alpha value is -2.20. The molecule has 0 heterocycles. The maximum Gasteiger partial charge on any atom is 0.335 e. The Bertz CT molecular complexity index is 682. The molecular weight excluding hydrogens is 278 g/mol. The minimum Gasteiger partial charge on any atom is -0.496 e. The Balaban J connectivity index is 2.76. The summed E-state index contributed by atoms with van der Waals surface area (Å²) in [4.78, 5) is 11.5. The second kappa shape index (κ2) is 5.84. The number of benzene rings is 2. The standard InChI is InChI=1S/C15H14ClNO3/c1-4-14(18)20-15-10-6-5-9(16)7-11(10)13(19-3)8-12(15)17-2/h4-8,17H,1H2,2-3H3. The van der Waals surface area contributed by atoms with Gasteiger partial charge in [-0.15, -0.1) is 0 Å². The normalized spacial score (nSPS) is 10.2. The molecule has 0 radical (unpaired) electrons. The van der Waals surface area contributed by atoms with Crippen molar-refractivity contribution in [2.24, 2.45) is 0 Å². The van der Waals surface area contributed by atoms with Gasteiger partial charge in [-0.1, -0.05) is 18.2 Å². The van der Waals surface area contributed by atoms with Crippen LogP contribution in [0.2, 0.25) is 5.02 Å². The van der Waals surface area contributed by atoms with Gasteiger partial charge in [0.1, 0.15) is 5.75 Å². The number of hydrogen-bond acceptors (Lipinski definition) is 4. The minimum atomic E-state index is -0.525. The third-order valence-corrected chi connectivity index (χ3v) is 3.11. The van der Waals surface area contributed by atoms with E-state index in [1.165, 1.54) is 0 Å². The third-order valence-electron chi connectivity index (χ3n) is 2.87. The van der Waals surface area contributed by atoms with Crippen LogP contribution in [0.4, 0.5) is 5.69 Å². The highest BCUT2D eigenvalue weighted by Crippen LogP contribution is 2.41. The number of esters is 1. The van der Waals surface area contributed by atoms with Crippen molar-refractivity contribution in [3.05, 3.63) is 41.9 Å². The molecule has 20 heavy (non-hydrogen) atoms. The highest BCUT2D eigenvalue weighted by molar-refractivity contribution is 6.31. The first-order chi connectivity index (χ1) is 9.60. The van der Waals surface area contributed by atoms with Crippen molar-refractivity contribution in [3.8, 4) is 11.5 Å². The number of anilines is 1. The van der Waals surface area contributed by atoms with Crippen LogP contribution in [0, 0.1) is 0 Å². The van der Waals surface area contributed by atoms with E-state index < -0.39 is 5.97 Å². The van der Waals surface area contributed by atoms with Crippen molar-refractivity contribution in [1.29, 1.82) is 0 Å². The first-order valence-corrected chi connectivity index (χ1v) is 6.30. The second-order valence-corrected chi connectivity index (χ2v) is 4.46. The lowest BCUT2D eigenvalue weighted by molar-refractivity contribution is -0.128. The molecule has 0 aliphatic heterocycles. The maximum absolute atomic E-state index is 11.5. The summed E-state index contributed by atoms with van der Waals surface area (Å²) in [6, 6.07) is 7.03. The molecule has 0 atom stereocenters. The van der Waals surface area contributed by atoms with Crippen LogP contribution in [-0.4, -0.2) is 20.1 Å². The molecule has 0 aliphatic rings. The lowest BCUT2D eigenvalue weighted by Gasteiger charge is -2.15. The summed E-state index contributed by atoms with van der Waals surface area (Å²) in [6.45, 7) is 3.40. The lowest BCUT2D eigenvalue weighted by Crippen LogP contribution is -2.06. The van der Waals surface area contributed by atoms with Gasteiger partial charge < -0.3 is 14.8 Å². The van der Waals surface area contributed by atoms with Gasteiger partial charge in [0, 0.05) is 35.0 Å². The minimum absolute atomic E-state index is 0.421. The van der Waals surface area contributed by atoms with Gasteiger partial charge >= 0.3 is 5.97 Å². The highest BCUT2D eigenvalue weighted by atomic mass is 35.5. The predicted octanol–water partition coefficient (Wildman–Crippen LogP) is 3.63. The number of nitrogens with one attached hydrogen (secondary N) is 1. The molecule has 0 bridgehead atoms. The molecule has 4 nitrogen and oxygen atoms in total. The maximum atomic E-state index is 11.5. The fourth-order valence-electron chi connectivity index (χ4n) is 1.94. The second-order valence-electron chi connectivity index (χ2n) is 4.02. The van der Waals surface area contributed by atoms with Crippen molar-refractivity contribution >= 4 is 34.0 Å². The van der Waals surface area contributed by atoms with E-state index in [1.807, 2.05) is 0 Å². The quantitative estimate of drug-likeness (QED) is 0.531. The van der Waals surface area contributed by atoms with E-state index in [9.17, 15) is 4.79 Å². The van der Waals surface area contributed by atoms with E-state index in [2.05, 4.69) is 11.9 Å². The molecule has 0 spiro atoms. The van der Waals surface area contributed by atoms with Crippen LogP contribution < -0.4 is 14.8 Å². The number of methoxy groups -OCH3 is 1. The predicted molar refractivity (Wildman–Crippen MR) is 80.9 cm³/mol. The van der Waals surface area contributed by atoms with Crippen molar-refractivity contribution in [2.75, 3.05) is 19.5 Å². The fraction of sp³-hybridized carbons (Fsp3) is 0.133. The zero-order valence-corrected chi connectivity index (χ0v) is 12.0. The van der Waals surface area contributed by atoms with Gasteiger partial charge in [-0.25, -0.2) is 4.79 Å². The average molecular weight is 292 g/mol. The molecule has 0 aliphatic carbocycles. The van der Waals surface area contributed by atoms with Crippen molar-refractivity contribution in [3.63, 3.8) is 0 Å². The van der Waals surface area contributed by atoms with Crippen LogP contribution in [-0.2, 0) is 4.79 Å². The smallest absolute Gasteiger partial charge is 0.335 e. The molecule has 0 unspecified atom stereocenters.